The Morgan fingerprint density at radius 3 is 2.45 bits per heavy atom. The van der Waals surface area contributed by atoms with E-state index in [1.807, 2.05) is 12.1 Å². The minimum atomic E-state index is -3.62. The van der Waals surface area contributed by atoms with Crippen molar-refractivity contribution in [3.8, 4) is 0 Å². The molecule has 0 aliphatic carbocycles. The fraction of sp³-hybridized carbons (Fsp3) is 0.357. The van der Waals surface area contributed by atoms with Gasteiger partial charge in [0.15, 0.2) is 5.82 Å². The number of nitrogens with zero attached hydrogens (tertiary/aromatic N) is 1. The van der Waals surface area contributed by atoms with Crippen LogP contribution in [0.15, 0.2) is 39.8 Å². The number of rotatable bonds is 5. The highest BCUT2D eigenvalue weighted by Crippen LogP contribution is 2.21. The van der Waals surface area contributed by atoms with Gasteiger partial charge in [0.2, 0.25) is 0 Å². The fourth-order valence-electron chi connectivity index (χ4n) is 1.82. The van der Waals surface area contributed by atoms with Gasteiger partial charge in [0.05, 0.1) is 4.90 Å². The minimum Gasteiger partial charge on any atom is -0.360 e. The molecule has 2 rings (SSSR count). The molecule has 108 valence electrons. The number of aryl methyl sites for hydroxylation is 1. The van der Waals surface area contributed by atoms with E-state index < -0.39 is 10.0 Å². The molecular weight excluding hydrogens is 276 g/mol. The quantitative estimate of drug-likeness (QED) is 0.918. The molecule has 0 bridgehead atoms. The summed E-state index contributed by atoms with van der Waals surface area (Å²) in [5.41, 5.74) is 1.13. The van der Waals surface area contributed by atoms with Crippen molar-refractivity contribution in [2.45, 2.75) is 38.0 Å². The Hall–Kier alpha value is -1.82. The normalized spacial score (nSPS) is 13.2. The molecule has 0 spiro atoms. The summed E-state index contributed by atoms with van der Waals surface area (Å²) in [6.07, 6.45) is 1.02. The van der Waals surface area contributed by atoms with Crippen LogP contribution in [0.3, 0.4) is 0 Å². The zero-order chi connectivity index (χ0) is 14.8. The number of sulfonamides is 1. The summed E-state index contributed by atoms with van der Waals surface area (Å²) >= 11 is 0. The van der Waals surface area contributed by atoms with Crippen molar-refractivity contribution in [1.82, 2.24) is 5.16 Å². The molecule has 1 aromatic carbocycles. The van der Waals surface area contributed by atoms with Crippen LogP contribution < -0.4 is 4.72 Å². The molecule has 0 saturated heterocycles. The second-order valence-corrected chi connectivity index (χ2v) is 6.49. The summed E-state index contributed by atoms with van der Waals surface area (Å²) in [5.74, 6) is 1.15. The first-order valence-corrected chi connectivity index (χ1v) is 7.97. The van der Waals surface area contributed by atoms with Gasteiger partial charge in [-0.05, 0) is 37.0 Å². The molecule has 0 unspecified atom stereocenters. The van der Waals surface area contributed by atoms with Crippen LogP contribution in [0.4, 0.5) is 5.82 Å². The van der Waals surface area contributed by atoms with Crippen molar-refractivity contribution in [1.29, 1.82) is 0 Å². The van der Waals surface area contributed by atoms with Gasteiger partial charge in [-0.15, -0.1) is 0 Å². The van der Waals surface area contributed by atoms with Gasteiger partial charge < -0.3 is 4.52 Å². The minimum absolute atomic E-state index is 0.188. The van der Waals surface area contributed by atoms with E-state index in [0.29, 0.717) is 11.7 Å². The molecule has 1 atom stereocenters. The van der Waals surface area contributed by atoms with E-state index in [2.05, 4.69) is 23.7 Å². The summed E-state index contributed by atoms with van der Waals surface area (Å²) in [6.45, 7) is 5.91. The fourth-order valence-corrected chi connectivity index (χ4v) is 2.81. The molecule has 6 heteroatoms. The van der Waals surface area contributed by atoms with Gasteiger partial charge in [0.1, 0.15) is 5.76 Å². The third-order valence-corrected chi connectivity index (χ3v) is 4.61. The lowest BCUT2D eigenvalue weighted by molar-refractivity contribution is 0.400. The van der Waals surface area contributed by atoms with Gasteiger partial charge in [-0.25, -0.2) is 8.42 Å². The number of nitrogens with one attached hydrogen (secondary N) is 1. The highest BCUT2D eigenvalue weighted by atomic mass is 32.2. The smallest absolute Gasteiger partial charge is 0.263 e. The zero-order valence-corrected chi connectivity index (χ0v) is 12.6. The summed E-state index contributed by atoms with van der Waals surface area (Å²) in [7, 11) is -3.62. The summed E-state index contributed by atoms with van der Waals surface area (Å²) in [5, 5.41) is 3.62. The third-order valence-electron chi connectivity index (χ3n) is 3.24. The highest BCUT2D eigenvalue weighted by molar-refractivity contribution is 7.92. The van der Waals surface area contributed by atoms with Crippen LogP contribution in [0, 0.1) is 6.92 Å². The molecule has 0 radical (unpaired) electrons. The van der Waals surface area contributed by atoms with Gasteiger partial charge in [0.25, 0.3) is 10.0 Å². The topological polar surface area (TPSA) is 72.2 Å². The zero-order valence-electron chi connectivity index (χ0n) is 11.8. The van der Waals surface area contributed by atoms with Gasteiger partial charge in [-0.3, -0.25) is 4.72 Å². The predicted molar refractivity (Wildman–Crippen MR) is 77.2 cm³/mol. The van der Waals surface area contributed by atoms with Crippen LogP contribution in [-0.4, -0.2) is 13.6 Å². The standard InChI is InChI=1S/C14H18N2O3S/c1-4-10(2)12-5-7-13(8-6-12)20(17,18)16-14-9-11(3)19-15-14/h5-10H,4H2,1-3H3,(H,15,16)/t10-/m0/s1. The first-order valence-electron chi connectivity index (χ1n) is 6.48. The van der Waals surface area contributed by atoms with E-state index in [1.165, 1.54) is 6.07 Å². The van der Waals surface area contributed by atoms with E-state index in [0.717, 1.165) is 12.0 Å². The summed E-state index contributed by atoms with van der Waals surface area (Å²) < 4.78 is 31.6. The molecular formula is C14H18N2O3S. The molecule has 1 heterocycles. The lowest BCUT2D eigenvalue weighted by atomic mass is 9.99. The van der Waals surface area contributed by atoms with Crippen molar-refractivity contribution in [2.75, 3.05) is 4.72 Å². The predicted octanol–water partition coefficient (Wildman–Crippen LogP) is 3.30. The van der Waals surface area contributed by atoms with Crippen molar-refractivity contribution in [3.63, 3.8) is 0 Å². The van der Waals surface area contributed by atoms with Crippen LogP contribution >= 0.6 is 0 Å². The Bertz CT molecular complexity index is 675. The first-order chi connectivity index (χ1) is 9.42. The maximum absolute atomic E-state index is 12.2. The summed E-state index contributed by atoms with van der Waals surface area (Å²) in [6, 6.07) is 8.44. The Balaban J connectivity index is 2.21. The largest absolute Gasteiger partial charge is 0.360 e. The van der Waals surface area contributed by atoms with E-state index in [1.54, 1.807) is 19.1 Å². The van der Waals surface area contributed by atoms with E-state index in [9.17, 15) is 8.42 Å². The average molecular weight is 294 g/mol. The second-order valence-electron chi connectivity index (χ2n) is 4.81. The van der Waals surface area contributed by atoms with Crippen molar-refractivity contribution < 1.29 is 12.9 Å². The van der Waals surface area contributed by atoms with Crippen molar-refractivity contribution in [2.24, 2.45) is 0 Å². The Labute approximate surface area is 119 Å². The molecule has 0 aliphatic heterocycles. The molecule has 1 aromatic heterocycles. The van der Waals surface area contributed by atoms with E-state index >= 15 is 0 Å². The molecule has 0 amide bonds. The molecule has 0 aliphatic rings. The van der Waals surface area contributed by atoms with Crippen LogP contribution in [-0.2, 0) is 10.0 Å². The van der Waals surface area contributed by atoms with Crippen molar-refractivity contribution in [3.05, 3.63) is 41.7 Å². The number of hydrogen-bond acceptors (Lipinski definition) is 4. The monoisotopic (exact) mass is 294 g/mol. The third kappa shape index (κ3) is 3.19. The maximum atomic E-state index is 12.2. The maximum Gasteiger partial charge on any atom is 0.263 e. The van der Waals surface area contributed by atoms with Crippen LogP contribution in [0.25, 0.3) is 0 Å². The van der Waals surface area contributed by atoms with E-state index in [-0.39, 0.29) is 10.7 Å². The van der Waals surface area contributed by atoms with Crippen LogP contribution in [0.2, 0.25) is 0 Å². The molecule has 1 N–H and O–H groups in total. The molecule has 5 nitrogen and oxygen atoms in total. The first kappa shape index (κ1) is 14.6. The van der Waals surface area contributed by atoms with Gasteiger partial charge in [-0.1, -0.05) is 31.1 Å². The second kappa shape index (κ2) is 5.66. The molecule has 20 heavy (non-hydrogen) atoms. The molecule has 2 aromatic rings. The lowest BCUT2D eigenvalue weighted by Crippen LogP contribution is -2.13. The Kier molecular flexibility index (Phi) is 4.13. The lowest BCUT2D eigenvalue weighted by Gasteiger charge is -2.10. The van der Waals surface area contributed by atoms with E-state index in [4.69, 9.17) is 4.52 Å². The SMILES string of the molecule is CC[C@H](C)c1ccc(S(=O)(=O)Nc2cc(C)on2)cc1. The molecule has 0 fully saturated rings. The highest BCUT2D eigenvalue weighted by Gasteiger charge is 2.16. The van der Waals surface area contributed by atoms with Gasteiger partial charge in [-0.2, -0.15) is 0 Å². The van der Waals surface area contributed by atoms with Gasteiger partial charge in [0, 0.05) is 6.07 Å². The van der Waals surface area contributed by atoms with Crippen molar-refractivity contribution >= 4 is 15.8 Å². The number of anilines is 1. The Morgan fingerprint density at radius 2 is 1.95 bits per heavy atom. The number of hydrogen-bond donors (Lipinski definition) is 1. The van der Waals surface area contributed by atoms with Crippen LogP contribution in [0.5, 0.6) is 0 Å². The summed E-state index contributed by atoms with van der Waals surface area (Å²) in [4.78, 5) is 0.213. The average Bonchev–Trinajstić information content (AvgIpc) is 2.82. The molecule has 0 saturated carbocycles. The number of benzene rings is 1. The Morgan fingerprint density at radius 1 is 1.30 bits per heavy atom. The number of aromatic nitrogens is 1. The van der Waals surface area contributed by atoms with Gasteiger partial charge >= 0.3 is 0 Å². The van der Waals surface area contributed by atoms with Crippen LogP contribution in [0.1, 0.15) is 37.5 Å².